The predicted octanol–water partition coefficient (Wildman–Crippen LogP) is 0.527. The van der Waals surface area contributed by atoms with Gasteiger partial charge in [0.15, 0.2) is 0 Å². The highest BCUT2D eigenvalue weighted by Crippen LogP contribution is 2.19. The van der Waals surface area contributed by atoms with E-state index in [1.807, 2.05) is 4.90 Å². The second kappa shape index (κ2) is 6.31. The van der Waals surface area contributed by atoms with Crippen LogP contribution < -0.4 is 10.2 Å². The van der Waals surface area contributed by atoms with Gasteiger partial charge >= 0.3 is 5.97 Å². The fourth-order valence-corrected chi connectivity index (χ4v) is 2.22. The summed E-state index contributed by atoms with van der Waals surface area (Å²) < 4.78 is 0. The maximum atomic E-state index is 10.9. The quantitative estimate of drug-likeness (QED) is 0.834. The smallest absolute Gasteiger partial charge is 0.338 e. The molecule has 2 N–H and O–H groups in total. The topological polar surface area (TPSA) is 95.4 Å². The van der Waals surface area contributed by atoms with Crippen molar-refractivity contribution in [3.8, 4) is 0 Å². The van der Waals surface area contributed by atoms with Gasteiger partial charge in [-0.25, -0.2) is 14.8 Å². The SMILES string of the molecule is CC(=O)NCC1CCN(c2ncc(C(=O)O)cn2)CC1. The highest BCUT2D eigenvalue weighted by molar-refractivity contribution is 5.86. The maximum absolute atomic E-state index is 10.9. The molecule has 0 saturated carbocycles. The number of hydrogen-bond donors (Lipinski definition) is 2. The molecule has 7 nitrogen and oxygen atoms in total. The summed E-state index contributed by atoms with van der Waals surface area (Å²) in [5.41, 5.74) is 0.0919. The Morgan fingerprint density at radius 1 is 1.35 bits per heavy atom. The molecule has 1 aliphatic rings. The average molecular weight is 278 g/mol. The van der Waals surface area contributed by atoms with Crippen LogP contribution in [0.1, 0.15) is 30.1 Å². The van der Waals surface area contributed by atoms with Crippen LogP contribution in [-0.4, -0.2) is 46.6 Å². The minimum absolute atomic E-state index is 0.0000207. The van der Waals surface area contributed by atoms with Crippen molar-refractivity contribution in [1.29, 1.82) is 0 Å². The minimum Gasteiger partial charge on any atom is -0.478 e. The van der Waals surface area contributed by atoms with Crippen LogP contribution in [0.15, 0.2) is 12.4 Å². The van der Waals surface area contributed by atoms with E-state index in [2.05, 4.69) is 15.3 Å². The van der Waals surface area contributed by atoms with Gasteiger partial charge in [-0.1, -0.05) is 0 Å². The zero-order valence-electron chi connectivity index (χ0n) is 11.4. The van der Waals surface area contributed by atoms with E-state index in [-0.39, 0.29) is 11.5 Å². The first-order chi connectivity index (χ1) is 9.56. The summed E-state index contributed by atoms with van der Waals surface area (Å²) in [7, 11) is 0. The monoisotopic (exact) mass is 278 g/mol. The number of hydrogen-bond acceptors (Lipinski definition) is 5. The maximum Gasteiger partial charge on any atom is 0.338 e. The Balaban J connectivity index is 1.87. The van der Waals surface area contributed by atoms with Crippen LogP contribution in [0.3, 0.4) is 0 Å². The van der Waals surface area contributed by atoms with E-state index in [9.17, 15) is 9.59 Å². The van der Waals surface area contributed by atoms with Crippen LogP contribution in [0.2, 0.25) is 0 Å². The van der Waals surface area contributed by atoms with Crippen LogP contribution in [-0.2, 0) is 4.79 Å². The Hall–Kier alpha value is -2.18. The lowest BCUT2D eigenvalue weighted by Crippen LogP contribution is -2.39. The molecule has 1 saturated heterocycles. The summed E-state index contributed by atoms with van der Waals surface area (Å²) in [5, 5.41) is 11.6. The second-order valence-electron chi connectivity index (χ2n) is 4.94. The Kier molecular flexibility index (Phi) is 4.49. The summed E-state index contributed by atoms with van der Waals surface area (Å²) in [6, 6.07) is 0. The Morgan fingerprint density at radius 3 is 2.45 bits per heavy atom. The van der Waals surface area contributed by atoms with E-state index in [1.54, 1.807) is 0 Å². The summed E-state index contributed by atoms with van der Waals surface area (Å²) in [6.45, 7) is 3.86. The molecule has 0 unspecified atom stereocenters. The highest BCUT2D eigenvalue weighted by atomic mass is 16.4. The molecule has 0 atom stereocenters. The summed E-state index contributed by atoms with van der Waals surface area (Å²) >= 11 is 0. The lowest BCUT2D eigenvalue weighted by Gasteiger charge is -2.31. The molecule has 1 aliphatic heterocycles. The van der Waals surface area contributed by atoms with Crippen LogP contribution in [0.25, 0.3) is 0 Å². The third kappa shape index (κ3) is 3.66. The molecule has 0 aromatic carbocycles. The van der Waals surface area contributed by atoms with Gasteiger partial charge in [-0.3, -0.25) is 4.79 Å². The largest absolute Gasteiger partial charge is 0.478 e. The molecule has 2 rings (SSSR count). The lowest BCUT2D eigenvalue weighted by atomic mass is 9.97. The molecule has 0 aliphatic carbocycles. The number of anilines is 1. The van der Waals surface area contributed by atoms with Crippen molar-refractivity contribution >= 4 is 17.8 Å². The first-order valence-electron chi connectivity index (χ1n) is 6.61. The zero-order valence-corrected chi connectivity index (χ0v) is 11.4. The van der Waals surface area contributed by atoms with E-state index in [1.165, 1.54) is 19.3 Å². The first kappa shape index (κ1) is 14.2. The number of rotatable bonds is 4. The summed E-state index contributed by atoms with van der Waals surface area (Å²) in [4.78, 5) is 31.8. The molecule has 2 heterocycles. The molecule has 1 fully saturated rings. The standard InChI is InChI=1S/C13H18N4O3/c1-9(18)14-6-10-2-4-17(5-3-10)13-15-7-11(8-16-13)12(19)20/h7-8,10H,2-6H2,1H3,(H,14,18)(H,19,20). The van der Waals surface area contributed by atoms with Gasteiger partial charge in [-0.2, -0.15) is 0 Å². The van der Waals surface area contributed by atoms with E-state index in [0.717, 1.165) is 25.9 Å². The number of carboxylic acid groups (broad SMARTS) is 1. The van der Waals surface area contributed by atoms with Crippen LogP contribution in [0.5, 0.6) is 0 Å². The van der Waals surface area contributed by atoms with Crippen molar-refractivity contribution in [3.63, 3.8) is 0 Å². The zero-order chi connectivity index (χ0) is 14.5. The van der Waals surface area contributed by atoms with Crippen LogP contribution in [0.4, 0.5) is 5.95 Å². The van der Waals surface area contributed by atoms with Gasteiger partial charge in [-0.05, 0) is 18.8 Å². The predicted molar refractivity (Wildman–Crippen MR) is 72.6 cm³/mol. The Bertz CT molecular complexity index is 481. The van der Waals surface area contributed by atoms with Gasteiger partial charge in [0.05, 0.1) is 5.56 Å². The van der Waals surface area contributed by atoms with E-state index >= 15 is 0 Å². The van der Waals surface area contributed by atoms with Gasteiger partial charge < -0.3 is 15.3 Å². The van der Waals surface area contributed by atoms with Gasteiger partial charge in [0.25, 0.3) is 0 Å². The van der Waals surface area contributed by atoms with Crippen molar-refractivity contribution in [2.24, 2.45) is 5.92 Å². The molecule has 0 spiro atoms. The van der Waals surface area contributed by atoms with Gasteiger partial charge in [-0.15, -0.1) is 0 Å². The van der Waals surface area contributed by atoms with Gasteiger partial charge in [0.2, 0.25) is 11.9 Å². The third-order valence-corrected chi connectivity index (χ3v) is 3.42. The first-order valence-corrected chi connectivity index (χ1v) is 6.61. The molecule has 7 heteroatoms. The van der Waals surface area contributed by atoms with Crippen molar-refractivity contribution < 1.29 is 14.7 Å². The van der Waals surface area contributed by atoms with Crippen molar-refractivity contribution in [2.45, 2.75) is 19.8 Å². The van der Waals surface area contributed by atoms with Crippen molar-refractivity contribution in [2.75, 3.05) is 24.5 Å². The molecule has 20 heavy (non-hydrogen) atoms. The average Bonchev–Trinajstić information content (AvgIpc) is 2.46. The fraction of sp³-hybridized carbons (Fsp3) is 0.538. The number of piperidine rings is 1. The second-order valence-corrected chi connectivity index (χ2v) is 4.94. The fourth-order valence-electron chi connectivity index (χ4n) is 2.22. The molecule has 1 aromatic heterocycles. The summed E-state index contributed by atoms with van der Waals surface area (Å²) in [6.07, 6.45) is 4.58. The van der Waals surface area contributed by atoms with Crippen molar-refractivity contribution in [3.05, 3.63) is 18.0 Å². The molecule has 0 radical (unpaired) electrons. The molecule has 0 bridgehead atoms. The number of nitrogens with zero attached hydrogens (tertiary/aromatic N) is 3. The number of carbonyl (C=O) groups excluding carboxylic acids is 1. The number of nitrogens with one attached hydrogen (secondary N) is 1. The van der Waals surface area contributed by atoms with Gasteiger partial charge in [0, 0.05) is 39.0 Å². The number of aromatic nitrogens is 2. The van der Waals surface area contributed by atoms with E-state index in [0.29, 0.717) is 18.4 Å². The Labute approximate surface area is 117 Å². The Morgan fingerprint density at radius 2 is 1.95 bits per heavy atom. The molecular weight excluding hydrogens is 260 g/mol. The van der Waals surface area contributed by atoms with E-state index < -0.39 is 5.97 Å². The number of aromatic carboxylic acids is 1. The molecular formula is C13H18N4O3. The number of carbonyl (C=O) groups is 2. The third-order valence-electron chi connectivity index (χ3n) is 3.42. The van der Waals surface area contributed by atoms with Crippen molar-refractivity contribution in [1.82, 2.24) is 15.3 Å². The molecule has 108 valence electrons. The van der Waals surface area contributed by atoms with Crippen LogP contribution in [0, 0.1) is 5.92 Å². The number of amides is 1. The molecule has 1 aromatic rings. The summed E-state index contributed by atoms with van der Waals surface area (Å²) in [5.74, 6) is 0.0204. The highest BCUT2D eigenvalue weighted by Gasteiger charge is 2.21. The lowest BCUT2D eigenvalue weighted by molar-refractivity contribution is -0.119. The minimum atomic E-state index is -1.02. The normalized spacial score (nSPS) is 15.9. The number of carboxylic acids is 1. The van der Waals surface area contributed by atoms with Crippen LogP contribution >= 0.6 is 0 Å². The molecule has 1 amide bonds. The van der Waals surface area contributed by atoms with E-state index in [4.69, 9.17) is 5.11 Å². The van der Waals surface area contributed by atoms with Gasteiger partial charge in [0.1, 0.15) is 0 Å².